The third kappa shape index (κ3) is 3.62. The van der Waals surface area contributed by atoms with Crippen LogP contribution in [0.25, 0.3) is 0 Å². The number of hydrogen-bond acceptors (Lipinski definition) is 2. The highest BCUT2D eigenvalue weighted by Gasteiger charge is 2.23. The van der Waals surface area contributed by atoms with Crippen LogP contribution in [0.2, 0.25) is 0 Å². The molecular weight excluding hydrogens is 274 g/mol. The van der Waals surface area contributed by atoms with Gasteiger partial charge < -0.3 is 15.1 Å². The van der Waals surface area contributed by atoms with E-state index in [9.17, 15) is 4.79 Å². The standard InChI is InChI=1S/C18H27N3O/c1-5-9-19-18(22)21-12-10-20(11-13-21)17-15(4)7-6-8-16(17)14(2)3/h5-8,14H,1,9-13H2,2-4H3,(H,19,22). The van der Waals surface area contributed by atoms with Crippen LogP contribution >= 0.6 is 0 Å². The third-order valence-corrected chi connectivity index (χ3v) is 4.17. The minimum atomic E-state index is 0.00779. The number of carbonyl (C=O) groups excluding carboxylic acids is 1. The molecule has 1 saturated heterocycles. The molecule has 1 aliphatic rings. The van der Waals surface area contributed by atoms with Crippen molar-refractivity contribution in [3.05, 3.63) is 42.0 Å². The first-order valence-corrected chi connectivity index (χ1v) is 8.02. The number of anilines is 1. The van der Waals surface area contributed by atoms with Crippen molar-refractivity contribution >= 4 is 11.7 Å². The average Bonchev–Trinajstić information content (AvgIpc) is 2.52. The zero-order chi connectivity index (χ0) is 16.1. The maximum Gasteiger partial charge on any atom is 0.317 e. The molecule has 1 heterocycles. The molecule has 1 aromatic carbocycles. The molecule has 0 unspecified atom stereocenters. The maximum atomic E-state index is 12.0. The van der Waals surface area contributed by atoms with Gasteiger partial charge in [0, 0.05) is 38.4 Å². The van der Waals surface area contributed by atoms with E-state index in [1.807, 2.05) is 4.90 Å². The Kier molecular flexibility index (Phi) is 5.47. The highest BCUT2D eigenvalue weighted by atomic mass is 16.2. The Hall–Kier alpha value is -1.97. The molecule has 1 aromatic rings. The van der Waals surface area contributed by atoms with Gasteiger partial charge in [0.2, 0.25) is 0 Å². The number of carbonyl (C=O) groups is 1. The smallest absolute Gasteiger partial charge is 0.317 e. The quantitative estimate of drug-likeness (QED) is 0.867. The number of para-hydroxylation sites is 1. The fraction of sp³-hybridized carbons (Fsp3) is 0.500. The summed E-state index contributed by atoms with van der Waals surface area (Å²) in [5.41, 5.74) is 4.06. The van der Waals surface area contributed by atoms with Gasteiger partial charge in [-0.25, -0.2) is 4.79 Å². The molecule has 0 aliphatic carbocycles. The number of hydrogen-bond donors (Lipinski definition) is 1. The molecular formula is C18H27N3O. The van der Waals surface area contributed by atoms with Crippen LogP contribution in [0.15, 0.2) is 30.9 Å². The van der Waals surface area contributed by atoms with Gasteiger partial charge in [-0.1, -0.05) is 38.1 Å². The summed E-state index contributed by atoms with van der Waals surface area (Å²) in [4.78, 5) is 16.3. The summed E-state index contributed by atoms with van der Waals surface area (Å²) in [6, 6.07) is 6.53. The number of amides is 2. The number of benzene rings is 1. The Morgan fingerprint density at radius 1 is 1.32 bits per heavy atom. The van der Waals surface area contributed by atoms with Crippen molar-refractivity contribution < 1.29 is 4.79 Å². The SMILES string of the molecule is C=CCNC(=O)N1CCN(c2c(C)cccc2C(C)C)CC1. The van der Waals surface area contributed by atoms with Crippen LogP contribution in [-0.2, 0) is 0 Å². The molecule has 22 heavy (non-hydrogen) atoms. The zero-order valence-corrected chi connectivity index (χ0v) is 13.9. The first-order chi connectivity index (χ1) is 10.5. The number of piperazine rings is 1. The summed E-state index contributed by atoms with van der Waals surface area (Å²) >= 11 is 0. The highest BCUT2D eigenvalue weighted by molar-refractivity contribution is 5.75. The second-order valence-corrected chi connectivity index (χ2v) is 6.12. The lowest BCUT2D eigenvalue weighted by atomic mass is 9.97. The van der Waals surface area contributed by atoms with Gasteiger partial charge >= 0.3 is 6.03 Å². The van der Waals surface area contributed by atoms with Gasteiger partial charge in [-0.2, -0.15) is 0 Å². The van der Waals surface area contributed by atoms with E-state index in [1.165, 1.54) is 16.8 Å². The van der Waals surface area contributed by atoms with Crippen LogP contribution in [0.4, 0.5) is 10.5 Å². The summed E-state index contributed by atoms with van der Waals surface area (Å²) in [5.74, 6) is 0.504. The second-order valence-electron chi connectivity index (χ2n) is 6.12. The summed E-state index contributed by atoms with van der Waals surface area (Å²) < 4.78 is 0. The minimum absolute atomic E-state index is 0.00779. The van der Waals surface area contributed by atoms with Crippen LogP contribution in [-0.4, -0.2) is 43.7 Å². The minimum Gasteiger partial charge on any atom is -0.368 e. The normalized spacial score (nSPS) is 15.1. The fourth-order valence-corrected chi connectivity index (χ4v) is 2.98. The molecule has 1 fully saturated rings. The number of nitrogens with one attached hydrogen (secondary N) is 1. The third-order valence-electron chi connectivity index (χ3n) is 4.17. The van der Waals surface area contributed by atoms with E-state index in [-0.39, 0.29) is 6.03 Å². The Morgan fingerprint density at radius 3 is 2.59 bits per heavy atom. The van der Waals surface area contributed by atoms with E-state index in [0.717, 1.165) is 26.2 Å². The van der Waals surface area contributed by atoms with Crippen molar-refractivity contribution in [3.8, 4) is 0 Å². The van der Waals surface area contributed by atoms with Crippen molar-refractivity contribution in [1.82, 2.24) is 10.2 Å². The molecule has 1 N–H and O–H groups in total. The number of urea groups is 1. The molecule has 4 nitrogen and oxygen atoms in total. The second kappa shape index (κ2) is 7.34. The lowest BCUT2D eigenvalue weighted by Crippen LogP contribution is -2.52. The molecule has 1 aliphatic heterocycles. The van der Waals surface area contributed by atoms with Crippen LogP contribution in [0.3, 0.4) is 0 Å². The molecule has 2 amide bonds. The van der Waals surface area contributed by atoms with Gasteiger partial charge in [0.1, 0.15) is 0 Å². The highest BCUT2D eigenvalue weighted by Crippen LogP contribution is 2.31. The van der Waals surface area contributed by atoms with Gasteiger partial charge in [-0.15, -0.1) is 6.58 Å². The molecule has 0 radical (unpaired) electrons. The topological polar surface area (TPSA) is 35.6 Å². The monoisotopic (exact) mass is 301 g/mol. The largest absolute Gasteiger partial charge is 0.368 e. The summed E-state index contributed by atoms with van der Waals surface area (Å²) in [6.07, 6.45) is 1.70. The molecule has 0 aromatic heterocycles. The average molecular weight is 301 g/mol. The summed E-state index contributed by atoms with van der Waals surface area (Å²) in [5, 5.41) is 2.85. The van der Waals surface area contributed by atoms with E-state index in [0.29, 0.717) is 12.5 Å². The van der Waals surface area contributed by atoms with Gasteiger partial charge in [-0.3, -0.25) is 0 Å². The summed E-state index contributed by atoms with van der Waals surface area (Å²) in [7, 11) is 0. The zero-order valence-electron chi connectivity index (χ0n) is 13.9. The van der Waals surface area contributed by atoms with E-state index < -0.39 is 0 Å². The van der Waals surface area contributed by atoms with Gasteiger partial charge in [0.25, 0.3) is 0 Å². The van der Waals surface area contributed by atoms with Gasteiger partial charge in [-0.05, 0) is 24.0 Å². The van der Waals surface area contributed by atoms with Crippen molar-refractivity contribution in [1.29, 1.82) is 0 Å². The predicted molar refractivity (Wildman–Crippen MR) is 92.6 cm³/mol. The Labute approximate surface area is 133 Å². The number of aryl methyl sites for hydroxylation is 1. The molecule has 0 atom stereocenters. The Morgan fingerprint density at radius 2 is 2.00 bits per heavy atom. The Balaban J connectivity index is 2.06. The molecule has 0 saturated carbocycles. The van der Waals surface area contributed by atoms with Crippen molar-refractivity contribution in [2.24, 2.45) is 0 Å². The van der Waals surface area contributed by atoms with E-state index in [4.69, 9.17) is 0 Å². The molecule has 2 rings (SSSR count). The lowest BCUT2D eigenvalue weighted by molar-refractivity contribution is 0.195. The van der Waals surface area contributed by atoms with Crippen molar-refractivity contribution in [2.45, 2.75) is 26.7 Å². The van der Waals surface area contributed by atoms with E-state index >= 15 is 0 Å². The lowest BCUT2D eigenvalue weighted by Gasteiger charge is -2.38. The fourth-order valence-electron chi connectivity index (χ4n) is 2.98. The maximum absolute atomic E-state index is 12.0. The van der Waals surface area contributed by atoms with Crippen LogP contribution in [0.5, 0.6) is 0 Å². The Bertz CT molecular complexity index is 531. The van der Waals surface area contributed by atoms with E-state index in [2.05, 4.69) is 55.8 Å². The molecule has 0 spiro atoms. The van der Waals surface area contributed by atoms with Crippen molar-refractivity contribution in [2.75, 3.05) is 37.6 Å². The molecule has 4 heteroatoms. The first kappa shape index (κ1) is 16.4. The van der Waals surface area contributed by atoms with Gasteiger partial charge in [0.05, 0.1) is 0 Å². The van der Waals surface area contributed by atoms with Crippen LogP contribution in [0, 0.1) is 6.92 Å². The molecule has 0 bridgehead atoms. The first-order valence-electron chi connectivity index (χ1n) is 8.02. The number of nitrogens with zero attached hydrogens (tertiary/aromatic N) is 2. The van der Waals surface area contributed by atoms with Crippen LogP contribution in [0.1, 0.15) is 30.9 Å². The summed E-state index contributed by atoms with van der Waals surface area (Å²) in [6.45, 7) is 14.1. The molecule has 120 valence electrons. The van der Waals surface area contributed by atoms with Crippen LogP contribution < -0.4 is 10.2 Å². The van der Waals surface area contributed by atoms with Crippen molar-refractivity contribution in [3.63, 3.8) is 0 Å². The van der Waals surface area contributed by atoms with E-state index in [1.54, 1.807) is 6.08 Å². The predicted octanol–water partition coefficient (Wildman–Crippen LogP) is 3.14. The number of rotatable bonds is 4. The van der Waals surface area contributed by atoms with Gasteiger partial charge in [0.15, 0.2) is 0 Å².